The van der Waals surface area contributed by atoms with E-state index in [0.717, 1.165) is 31.5 Å². The number of aliphatic hydroxyl groups excluding tert-OH is 1. The van der Waals surface area contributed by atoms with Crippen molar-refractivity contribution < 1.29 is 5.11 Å². The van der Waals surface area contributed by atoms with E-state index in [-0.39, 0.29) is 6.61 Å². The Balaban J connectivity index is 2.51. The van der Waals surface area contributed by atoms with E-state index in [9.17, 15) is 0 Å². The predicted octanol–water partition coefficient (Wildman–Crippen LogP) is 0.855. The van der Waals surface area contributed by atoms with Crippen LogP contribution in [0.5, 0.6) is 0 Å². The van der Waals surface area contributed by atoms with Crippen LogP contribution in [0.2, 0.25) is 0 Å². The maximum absolute atomic E-state index is 8.67. The van der Waals surface area contributed by atoms with E-state index in [1.807, 2.05) is 0 Å². The van der Waals surface area contributed by atoms with E-state index in [1.54, 1.807) is 0 Å². The molecule has 1 aliphatic heterocycles. The summed E-state index contributed by atoms with van der Waals surface area (Å²) in [6.45, 7) is 1.90. The highest BCUT2D eigenvalue weighted by atomic mass is 35.5. The van der Waals surface area contributed by atoms with Crippen LogP contribution < -0.4 is 5.32 Å². The zero-order chi connectivity index (χ0) is 7.40. The third-order valence-electron chi connectivity index (χ3n) is 1.69. The quantitative estimate of drug-likeness (QED) is 0.598. The number of hydrogen-bond acceptors (Lipinski definition) is 2. The molecule has 0 bridgehead atoms. The van der Waals surface area contributed by atoms with Gasteiger partial charge < -0.3 is 10.4 Å². The fourth-order valence-electron chi connectivity index (χ4n) is 1.10. The highest BCUT2D eigenvalue weighted by Gasteiger charge is 2.07. The predicted molar refractivity (Wildman–Crippen MR) is 42.1 cm³/mol. The maximum atomic E-state index is 8.67. The Morgan fingerprint density at radius 1 is 1.70 bits per heavy atom. The van der Waals surface area contributed by atoms with Crippen LogP contribution in [-0.4, -0.2) is 24.8 Å². The SMILES string of the molecule is OCC(Cl)=C1CCCNC1. The lowest BCUT2D eigenvalue weighted by atomic mass is 10.1. The van der Waals surface area contributed by atoms with Crippen molar-refractivity contribution in [2.45, 2.75) is 12.8 Å². The van der Waals surface area contributed by atoms with Gasteiger partial charge in [0, 0.05) is 11.6 Å². The number of aliphatic hydroxyl groups is 1. The molecule has 0 aliphatic carbocycles. The monoisotopic (exact) mass is 161 g/mol. The average molecular weight is 162 g/mol. The molecule has 1 fully saturated rings. The largest absolute Gasteiger partial charge is 0.391 e. The molecule has 0 aromatic rings. The topological polar surface area (TPSA) is 32.3 Å². The fourth-order valence-corrected chi connectivity index (χ4v) is 1.26. The number of hydrogen-bond donors (Lipinski definition) is 2. The molecule has 0 saturated carbocycles. The maximum Gasteiger partial charge on any atom is 0.0788 e. The first-order valence-electron chi connectivity index (χ1n) is 3.52. The van der Waals surface area contributed by atoms with Crippen LogP contribution in [-0.2, 0) is 0 Å². The van der Waals surface area contributed by atoms with Crippen molar-refractivity contribution in [2.75, 3.05) is 19.7 Å². The van der Waals surface area contributed by atoms with Crippen molar-refractivity contribution in [2.24, 2.45) is 0 Å². The van der Waals surface area contributed by atoms with Crippen LogP contribution in [0.4, 0.5) is 0 Å². The molecule has 0 amide bonds. The molecule has 0 aromatic carbocycles. The Morgan fingerprint density at radius 2 is 2.50 bits per heavy atom. The second-order valence-corrected chi connectivity index (χ2v) is 2.90. The van der Waals surface area contributed by atoms with Gasteiger partial charge in [-0.1, -0.05) is 11.6 Å². The Bertz CT molecular complexity index is 137. The lowest BCUT2D eigenvalue weighted by molar-refractivity contribution is 0.336. The Hall–Kier alpha value is -0.0500. The molecular weight excluding hydrogens is 150 g/mol. The van der Waals surface area contributed by atoms with E-state index in [0.29, 0.717) is 5.03 Å². The van der Waals surface area contributed by atoms with Crippen molar-refractivity contribution >= 4 is 11.6 Å². The van der Waals surface area contributed by atoms with E-state index in [1.165, 1.54) is 0 Å². The lowest BCUT2D eigenvalue weighted by Crippen LogP contribution is -2.24. The van der Waals surface area contributed by atoms with Crippen molar-refractivity contribution in [1.82, 2.24) is 5.32 Å². The van der Waals surface area contributed by atoms with Crippen LogP contribution >= 0.6 is 11.6 Å². The molecule has 58 valence electrons. The van der Waals surface area contributed by atoms with Crippen LogP contribution in [0.1, 0.15) is 12.8 Å². The molecule has 3 heteroatoms. The first-order chi connectivity index (χ1) is 4.84. The molecule has 0 unspecified atom stereocenters. The van der Waals surface area contributed by atoms with E-state index >= 15 is 0 Å². The summed E-state index contributed by atoms with van der Waals surface area (Å²) in [4.78, 5) is 0. The van der Waals surface area contributed by atoms with Gasteiger partial charge in [-0.25, -0.2) is 0 Å². The molecule has 1 heterocycles. The van der Waals surface area contributed by atoms with Crippen molar-refractivity contribution in [1.29, 1.82) is 0 Å². The first-order valence-corrected chi connectivity index (χ1v) is 3.90. The Morgan fingerprint density at radius 3 is 3.00 bits per heavy atom. The van der Waals surface area contributed by atoms with Gasteiger partial charge in [-0.3, -0.25) is 0 Å². The molecule has 2 N–H and O–H groups in total. The van der Waals surface area contributed by atoms with Gasteiger partial charge in [0.05, 0.1) is 6.61 Å². The van der Waals surface area contributed by atoms with Crippen LogP contribution in [0.15, 0.2) is 10.6 Å². The van der Waals surface area contributed by atoms with Crippen LogP contribution in [0.3, 0.4) is 0 Å². The fraction of sp³-hybridized carbons (Fsp3) is 0.714. The van der Waals surface area contributed by atoms with E-state index in [2.05, 4.69) is 5.32 Å². The Labute approximate surface area is 65.9 Å². The lowest BCUT2D eigenvalue weighted by Gasteiger charge is -2.16. The summed E-state index contributed by atoms with van der Waals surface area (Å²) in [6.07, 6.45) is 2.16. The van der Waals surface area contributed by atoms with Gasteiger partial charge in [0.2, 0.25) is 0 Å². The molecule has 0 aromatic heterocycles. The smallest absolute Gasteiger partial charge is 0.0788 e. The summed E-state index contributed by atoms with van der Waals surface area (Å²) in [5, 5.41) is 12.5. The second-order valence-electron chi connectivity index (χ2n) is 2.45. The summed E-state index contributed by atoms with van der Waals surface area (Å²) in [5.41, 5.74) is 1.16. The third kappa shape index (κ3) is 1.97. The van der Waals surface area contributed by atoms with Crippen LogP contribution in [0, 0.1) is 0 Å². The summed E-state index contributed by atoms with van der Waals surface area (Å²) in [5.74, 6) is 0. The summed E-state index contributed by atoms with van der Waals surface area (Å²) < 4.78 is 0. The molecule has 1 aliphatic rings. The van der Waals surface area contributed by atoms with Crippen molar-refractivity contribution in [3.63, 3.8) is 0 Å². The second kappa shape index (κ2) is 3.96. The first kappa shape index (κ1) is 8.05. The van der Waals surface area contributed by atoms with Crippen LogP contribution in [0.25, 0.3) is 0 Å². The molecule has 10 heavy (non-hydrogen) atoms. The van der Waals surface area contributed by atoms with Crippen molar-refractivity contribution in [3.05, 3.63) is 10.6 Å². The Kier molecular flexibility index (Phi) is 3.19. The highest BCUT2D eigenvalue weighted by molar-refractivity contribution is 6.30. The number of rotatable bonds is 1. The minimum absolute atomic E-state index is 0.0153. The average Bonchev–Trinajstić information content (AvgIpc) is 2.05. The van der Waals surface area contributed by atoms with E-state index in [4.69, 9.17) is 16.7 Å². The number of nitrogens with one attached hydrogen (secondary N) is 1. The summed E-state index contributed by atoms with van der Waals surface area (Å²) in [7, 11) is 0. The molecule has 0 radical (unpaired) electrons. The number of halogens is 1. The molecule has 1 rings (SSSR count). The number of piperidine rings is 1. The highest BCUT2D eigenvalue weighted by Crippen LogP contribution is 2.15. The van der Waals surface area contributed by atoms with Crippen molar-refractivity contribution in [3.8, 4) is 0 Å². The summed E-state index contributed by atoms with van der Waals surface area (Å²) in [6, 6.07) is 0. The third-order valence-corrected chi connectivity index (χ3v) is 2.08. The molecular formula is C7H12ClNO. The minimum Gasteiger partial charge on any atom is -0.391 e. The van der Waals surface area contributed by atoms with E-state index < -0.39 is 0 Å². The van der Waals surface area contributed by atoms with Gasteiger partial charge in [0.25, 0.3) is 0 Å². The normalized spacial score (nSPS) is 24.6. The standard InChI is InChI=1S/C7H12ClNO/c8-7(5-10)6-2-1-3-9-4-6/h9-10H,1-5H2. The van der Waals surface area contributed by atoms with Gasteiger partial charge in [-0.2, -0.15) is 0 Å². The zero-order valence-corrected chi connectivity index (χ0v) is 6.62. The van der Waals surface area contributed by atoms with Gasteiger partial charge in [-0.15, -0.1) is 0 Å². The zero-order valence-electron chi connectivity index (χ0n) is 5.86. The molecule has 2 nitrogen and oxygen atoms in total. The molecule has 1 saturated heterocycles. The van der Waals surface area contributed by atoms with Gasteiger partial charge >= 0.3 is 0 Å². The van der Waals surface area contributed by atoms with Gasteiger partial charge in [0.1, 0.15) is 0 Å². The molecule has 0 atom stereocenters. The molecule has 0 spiro atoms. The minimum atomic E-state index is -0.0153. The van der Waals surface area contributed by atoms with Gasteiger partial charge in [-0.05, 0) is 25.0 Å². The summed E-state index contributed by atoms with van der Waals surface area (Å²) >= 11 is 5.73. The van der Waals surface area contributed by atoms with Gasteiger partial charge in [0.15, 0.2) is 0 Å².